The number of thiazole rings is 1. The van der Waals surface area contributed by atoms with E-state index in [0.717, 1.165) is 34.9 Å². The van der Waals surface area contributed by atoms with Crippen molar-refractivity contribution in [2.24, 2.45) is 4.99 Å². The van der Waals surface area contributed by atoms with Crippen LogP contribution in [0, 0.1) is 0 Å². The average Bonchev–Trinajstić information content (AvgIpc) is 3.05. The van der Waals surface area contributed by atoms with Gasteiger partial charge in [-0.15, -0.1) is 11.3 Å². The van der Waals surface area contributed by atoms with Gasteiger partial charge in [0, 0.05) is 35.4 Å². The second-order valence-corrected chi connectivity index (χ2v) is 5.78. The Balaban J connectivity index is 1.75. The summed E-state index contributed by atoms with van der Waals surface area (Å²) in [5.74, 6) is 0. The van der Waals surface area contributed by atoms with E-state index in [9.17, 15) is 0 Å². The number of rotatable bonds is 2. The molecule has 4 rings (SSSR count). The average molecular weight is 291 g/mol. The van der Waals surface area contributed by atoms with Gasteiger partial charge in [-0.25, -0.2) is 4.98 Å². The highest BCUT2D eigenvalue weighted by molar-refractivity contribution is 7.13. The number of benzene rings is 1. The predicted molar refractivity (Wildman–Crippen MR) is 86.0 cm³/mol. The zero-order valence-corrected chi connectivity index (χ0v) is 12.2. The summed E-state index contributed by atoms with van der Waals surface area (Å²) in [6.07, 6.45) is 4.64. The molecule has 3 nitrogen and oxygen atoms in total. The number of nitrogens with zero attached hydrogens (tertiary/aromatic N) is 3. The molecule has 0 atom stereocenters. The quantitative estimate of drug-likeness (QED) is 0.723. The van der Waals surface area contributed by atoms with Crippen molar-refractivity contribution in [2.45, 2.75) is 6.42 Å². The molecule has 21 heavy (non-hydrogen) atoms. The van der Waals surface area contributed by atoms with Gasteiger partial charge in [0.05, 0.1) is 5.71 Å². The zero-order chi connectivity index (χ0) is 14.1. The molecule has 0 saturated carbocycles. The number of fused-ring (bicyclic) bond motifs is 1. The molecule has 0 spiro atoms. The molecule has 0 N–H and O–H groups in total. The molecule has 1 aliphatic heterocycles. The summed E-state index contributed by atoms with van der Waals surface area (Å²) in [6, 6.07) is 12.4. The Morgan fingerprint density at radius 3 is 2.90 bits per heavy atom. The monoisotopic (exact) mass is 291 g/mol. The smallest absolute Gasteiger partial charge is 0.125 e. The van der Waals surface area contributed by atoms with Crippen molar-refractivity contribution in [3.05, 3.63) is 71.0 Å². The number of hydrogen-bond acceptors (Lipinski definition) is 4. The van der Waals surface area contributed by atoms with Gasteiger partial charge in [-0.2, -0.15) is 0 Å². The van der Waals surface area contributed by atoms with Crippen molar-refractivity contribution in [2.75, 3.05) is 6.54 Å². The van der Waals surface area contributed by atoms with Crippen molar-refractivity contribution in [3.8, 4) is 10.6 Å². The summed E-state index contributed by atoms with van der Waals surface area (Å²) in [5, 5.41) is 3.08. The molecule has 0 amide bonds. The van der Waals surface area contributed by atoms with Crippen LogP contribution in [-0.4, -0.2) is 22.2 Å². The molecule has 3 heterocycles. The van der Waals surface area contributed by atoms with Crippen LogP contribution in [0.2, 0.25) is 0 Å². The molecule has 0 fully saturated rings. The Hall–Kier alpha value is -2.33. The molecule has 4 heteroatoms. The second kappa shape index (κ2) is 5.22. The molecule has 0 bridgehead atoms. The summed E-state index contributed by atoms with van der Waals surface area (Å²) in [6.45, 7) is 0.839. The first kappa shape index (κ1) is 12.4. The van der Waals surface area contributed by atoms with Crippen molar-refractivity contribution in [1.82, 2.24) is 9.97 Å². The maximum atomic E-state index is 4.75. The summed E-state index contributed by atoms with van der Waals surface area (Å²) in [5.41, 5.74) is 5.61. The minimum Gasteiger partial charge on any atom is -0.282 e. The number of aliphatic imine (C=N–C) groups is 1. The molecule has 102 valence electrons. The molecule has 2 aromatic heterocycles. The minimum atomic E-state index is 0.839. The number of hydrogen-bond donors (Lipinski definition) is 0. The van der Waals surface area contributed by atoms with E-state index >= 15 is 0 Å². The van der Waals surface area contributed by atoms with Gasteiger partial charge < -0.3 is 0 Å². The SMILES string of the molecule is c1cncc(-c2nc(C3=NCCc4ccccc43)cs2)c1. The number of aromatic nitrogens is 2. The van der Waals surface area contributed by atoms with Crippen LogP contribution in [0.25, 0.3) is 10.6 Å². The first-order chi connectivity index (χ1) is 10.4. The minimum absolute atomic E-state index is 0.839. The lowest BCUT2D eigenvalue weighted by atomic mass is 9.96. The maximum Gasteiger partial charge on any atom is 0.125 e. The van der Waals surface area contributed by atoms with Crippen LogP contribution in [0.1, 0.15) is 16.8 Å². The fourth-order valence-electron chi connectivity index (χ4n) is 2.57. The van der Waals surface area contributed by atoms with E-state index in [1.54, 1.807) is 17.5 Å². The van der Waals surface area contributed by atoms with Gasteiger partial charge in [0.1, 0.15) is 10.7 Å². The normalized spacial score (nSPS) is 13.6. The van der Waals surface area contributed by atoms with Crippen LogP contribution in [0.5, 0.6) is 0 Å². The molecular weight excluding hydrogens is 278 g/mol. The molecule has 0 aliphatic carbocycles. The summed E-state index contributed by atoms with van der Waals surface area (Å²) in [4.78, 5) is 13.6. The van der Waals surface area contributed by atoms with Gasteiger partial charge in [0.25, 0.3) is 0 Å². The van der Waals surface area contributed by atoms with Crippen LogP contribution >= 0.6 is 11.3 Å². The van der Waals surface area contributed by atoms with Crippen molar-refractivity contribution >= 4 is 17.0 Å². The van der Waals surface area contributed by atoms with E-state index in [-0.39, 0.29) is 0 Å². The van der Waals surface area contributed by atoms with Gasteiger partial charge in [-0.3, -0.25) is 9.98 Å². The second-order valence-electron chi connectivity index (χ2n) is 4.92. The third-order valence-electron chi connectivity index (χ3n) is 3.58. The first-order valence-corrected chi connectivity index (χ1v) is 7.79. The van der Waals surface area contributed by atoms with Crippen LogP contribution in [-0.2, 0) is 6.42 Å². The Morgan fingerprint density at radius 2 is 2.00 bits per heavy atom. The van der Waals surface area contributed by atoms with E-state index in [1.165, 1.54) is 11.1 Å². The van der Waals surface area contributed by atoms with Crippen LogP contribution in [0.4, 0.5) is 0 Å². The Labute approximate surface area is 127 Å². The standard InChI is InChI=1S/C17H13N3S/c1-2-6-14-12(4-1)7-9-19-16(14)15-11-21-17(20-15)13-5-3-8-18-10-13/h1-6,8,10-11H,7,9H2. The fraction of sp³-hybridized carbons (Fsp3) is 0.118. The highest BCUT2D eigenvalue weighted by Gasteiger charge is 2.17. The van der Waals surface area contributed by atoms with Crippen molar-refractivity contribution < 1.29 is 0 Å². The third-order valence-corrected chi connectivity index (χ3v) is 4.47. The van der Waals surface area contributed by atoms with Crippen molar-refractivity contribution in [1.29, 1.82) is 0 Å². The van der Waals surface area contributed by atoms with Crippen molar-refractivity contribution in [3.63, 3.8) is 0 Å². The van der Waals surface area contributed by atoms with E-state index in [1.807, 2.05) is 18.3 Å². The Bertz CT molecular complexity index is 806. The molecule has 1 aromatic carbocycles. The molecule has 0 radical (unpaired) electrons. The van der Waals surface area contributed by atoms with Gasteiger partial charge in [0.15, 0.2) is 0 Å². The topological polar surface area (TPSA) is 38.1 Å². The fourth-order valence-corrected chi connectivity index (χ4v) is 3.36. The zero-order valence-electron chi connectivity index (χ0n) is 11.4. The first-order valence-electron chi connectivity index (χ1n) is 6.91. The Morgan fingerprint density at radius 1 is 1.05 bits per heavy atom. The Kier molecular flexibility index (Phi) is 3.09. The van der Waals surface area contributed by atoms with Crippen LogP contribution in [0.15, 0.2) is 59.2 Å². The van der Waals surface area contributed by atoms with Gasteiger partial charge in [-0.1, -0.05) is 24.3 Å². The predicted octanol–water partition coefficient (Wildman–Crippen LogP) is 3.60. The molecule has 0 unspecified atom stereocenters. The maximum absolute atomic E-state index is 4.75. The lowest BCUT2D eigenvalue weighted by Gasteiger charge is -2.15. The molecule has 3 aromatic rings. The summed E-state index contributed by atoms with van der Waals surface area (Å²) < 4.78 is 0. The third kappa shape index (κ3) is 2.28. The summed E-state index contributed by atoms with van der Waals surface area (Å²) in [7, 11) is 0. The van der Waals surface area contributed by atoms with E-state index in [0.29, 0.717) is 0 Å². The van der Waals surface area contributed by atoms with Gasteiger partial charge in [-0.05, 0) is 24.1 Å². The van der Waals surface area contributed by atoms with E-state index in [2.05, 4.69) is 34.6 Å². The van der Waals surface area contributed by atoms with Crippen LogP contribution in [0.3, 0.4) is 0 Å². The highest BCUT2D eigenvalue weighted by Crippen LogP contribution is 2.26. The largest absolute Gasteiger partial charge is 0.282 e. The molecule has 0 saturated heterocycles. The lowest BCUT2D eigenvalue weighted by Crippen LogP contribution is -2.14. The lowest BCUT2D eigenvalue weighted by molar-refractivity contribution is 0.942. The number of pyridine rings is 1. The van der Waals surface area contributed by atoms with Crippen LogP contribution < -0.4 is 0 Å². The highest BCUT2D eigenvalue weighted by atomic mass is 32.1. The molecular formula is C17H13N3S. The van der Waals surface area contributed by atoms with E-state index in [4.69, 9.17) is 9.98 Å². The van der Waals surface area contributed by atoms with Gasteiger partial charge in [0.2, 0.25) is 0 Å². The molecule has 1 aliphatic rings. The summed E-state index contributed by atoms with van der Waals surface area (Å²) >= 11 is 1.64. The van der Waals surface area contributed by atoms with Gasteiger partial charge >= 0.3 is 0 Å². The van der Waals surface area contributed by atoms with E-state index < -0.39 is 0 Å².